The van der Waals surface area contributed by atoms with Crippen molar-refractivity contribution in [3.05, 3.63) is 131 Å². The van der Waals surface area contributed by atoms with Gasteiger partial charge in [0.25, 0.3) is 15.9 Å². The van der Waals surface area contributed by atoms with Crippen LogP contribution in [0.3, 0.4) is 0 Å². The Labute approximate surface area is 243 Å². The minimum absolute atomic E-state index is 0.0972. The summed E-state index contributed by atoms with van der Waals surface area (Å²) in [5, 5.41) is 3.07. The molecule has 0 spiro atoms. The fraction of sp³-hybridized carbons (Fsp3) is 0.265. The lowest BCUT2D eigenvalue weighted by Gasteiger charge is -2.27. The highest BCUT2D eigenvalue weighted by atomic mass is 32.2. The number of benzene rings is 4. The summed E-state index contributed by atoms with van der Waals surface area (Å²) in [6.45, 7) is 5.44. The SMILES string of the molecule is Cc1ccc(S(=O)(=O)N(Cc2ccccc2)c2ccccc2C(=O)NCc2ccccc2CN2CCCCC2)cc1. The number of likely N-dealkylation sites (tertiary alicyclic amines) is 1. The number of para-hydroxylation sites is 1. The molecule has 4 aromatic rings. The van der Waals surface area contributed by atoms with Crippen molar-refractivity contribution < 1.29 is 13.2 Å². The fourth-order valence-electron chi connectivity index (χ4n) is 5.28. The lowest BCUT2D eigenvalue weighted by atomic mass is 10.0. The highest BCUT2D eigenvalue weighted by Crippen LogP contribution is 2.29. The van der Waals surface area contributed by atoms with Gasteiger partial charge in [-0.1, -0.05) is 90.8 Å². The maximum Gasteiger partial charge on any atom is 0.264 e. The molecule has 5 rings (SSSR count). The van der Waals surface area contributed by atoms with Crippen molar-refractivity contribution in [3.8, 4) is 0 Å². The van der Waals surface area contributed by atoms with Crippen LogP contribution >= 0.6 is 0 Å². The van der Waals surface area contributed by atoms with Crippen LogP contribution in [0.25, 0.3) is 0 Å². The predicted molar refractivity (Wildman–Crippen MR) is 164 cm³/mol. The monoisotopic (exact) mass is 567 g/mol. The van der Waals surface area contributed by atoms with E-state index in [1.54, 1.807) is 48.5 Å². The maximum absolute atomic E-state index is 14.0. The number of hydrogen-bond donors (Lipinski definition) is 1. The molecule has 1 fully saturated rings. The lowest BCUT2D eigenvalue weighted by Crippen LogP contribution is -2.33. The Hall–Kier alpha value is -3.94. The Balaban J connectivity index is 1.42. The van der Waals surface area contributed by atoms with Crippen molar-refractivity contribution in [1.82, 2.24) is 10.2 Å². The summed E-state index contributed by atoms with van der Waals surface area (Å²) in [6.07, 6.45) is 3.73. The van der Waals surface area contributed by atoms with Gasteiger partial charge in [0, 0.05) is 13.1 Å². The second-order valence-electron chi connectivity index (χ2n) is 10.6. The third-order valence-electron chi connectivity index (χ3n) is 7.60. The summed E-state index contributed by atoms with van der Waals surface area (Å²) in [6, 6.07) is 31.4. The van der Waals surface area contributed by atoms with Gasteiger partial charge in [-0.15, -0.1) is 0 Å². The first-order valence-corrected chi connectivity index (χ1v) is 15.7. The van der Waals surface area contributed by atoms with E-state index in [0.29, 0.717) is 17.8 Å². The molecule has 0 saturated carbocycles. The molecule has 0 aromatic heterocycles. The lowest BCUT2D eigenvalue weighted by molar-refractivity contribution is 0.0951. The molecule has 1 N–H and O–H groups in total. The topological polar surface area (TPSA) is 69.7 Å². The molecule has 0 bridgehead atoms. The number of piperidine rings is 1. The molecule has 1 aliphatic heterocycles. The Morgan fingerprint density at radius 2 is 1.41 bits per heavy atom. The molecule has 1 amide bonds. The van der Waals surface area contributed by atoms with E-state index in [1.165, 1.54) is 29.1 Å². The van der Waals surface area contributed by atoms with E-state index in [9.17, 15) is 13.2 Å². The van der Waals surface area contributed by atoms with E-state index < -0.39 is 10.0 Å². The van der Waals surface area contributed by atoms with E-state index in [1.807, 2.05) is 49.4 Å². The average Bonchev–Trinajstić information content (AvgIpc) is 3.00. The minimum atomic E-state index is -3.97. The Morgan fingerprint density at radius 1 is 0.780 bits per heavy atom. The van der Waals surface area contributed by atoms with E-state index in [0.717, 1.165) is 36.3 Å². The van der Waals surface area contributed by atoms with Gasteiger partial charge in [0.05, 0.1) is 22.7 Å². The molecular formula is C34H37N3O3S. The highest BCUT2D eigenvalue weighted by Gasteiger charge is 2.28. The van der Waals surface area contributed by atoms with Gasteiger partial charge in [-0.3, -0.25) is 14.0 Å². The minimum Gasteiger partial charge on any atom is -0.348 e. The van der Waals surface area contributed by atoms with Gasteiger partial charge in [-0.2, -0.15) is 0 Å². The Bertz CT molecular complexity index is 1560. The van der Waals surface area contributed by atoms with Crippen LogP contribution in [0.15, 0.2) is 108 Å². The first-order chi connectivity index (χ1) is 19.9. The van der Waals surface area contributed by atoms with Gasteiger partial charge in [0.1, 0.15) is 0 Å². The zero-order valence-corrected chi connectivity index (χ0v) is 24.3. The van der Waals surface area contributed by atoms with Crippen LogP contribution in [-0.4, -0.2) is 32.3 Å². The van der Waals surface area contributed by atoms with Crippen molar-refractivity contribution >= 4 is 21.6 Å². The number of nitrogens with one attached hydrogen (secondary N) is 1. The molecule has 0 radical (unpaired) electrons. The molecular weight excluding hydrogens is 530 g/mol. The van der Waals surface area contributed by atoms with Crippen molar-refractivity contribution in [2.75, 3.05) is 17.4 Å². The van der Waals surface area contributed by atoms with Crippen LogP contribution in [0.5, 0.6) is 0 Å². The first kappa shape index (κ1) is 28.6. The van der Waals surface area contributed by atoms with Crippen molar-refractivity contribution in [2.45, 2.75) is 50.7 Å². The Morgan fingerprint density at radius 3 is 2.15 bits per heavy atom. The van der Waals surface area contributed by atoms with Gasteiger partial charge in [0.15, 0.2) is 0 Å². The number of rotatable bonds is 10. The number of sulfonamides is 1. The van der Waals surface area contributed by atoms with Crippen LogP contribution in [-0.2, 0) is 29.7 Å². The second-order valence-corrected chi connectivity index (χ2v) is 12.5. The molecule has 1 heterocycles. The van der Waals surface area contributed by atoms with Gasteiger partial charge in [-0.05, 0) is 73.8 Å². The number of hydrogen-bond acceptors (Lipinski definition) is 4. The number of amides is 1. The van der Waals surface area contributed by atoms with Crippen LogP contribution in [0, 0.1) is 6.92 Å². The quantitative estimate of drug-likeness (QED) is 0.244. The molecule has 41 heavy (non-hydrogen) atoms. The zero-order valence-electron chi connectivity index (χ0n) is 23.5. The summed E-state index contributed by atoms with van der Waals surface area (Å²) in [7, 11) is -3.97. The second kappa shape index (κ2) is 13.1. The third kappa shape index (κ3) is 7.04. The molecule has 1 aliphatic rings. The molecule has 6 nitrogen and oxygen atoms in total. The zero-order chi connectivity index (χ0) is 28.7. The predicted octanol–water partition coefficient (Wildman–Crippen LogP) is 6.31. The molecule has 0 aliphatic carbocycles. The van der Waals surface area contributed by atoms with Gasteiger partial charge in [0.2, 0.25) is 0 Å². The van der Waals surface area contributed by atoms with Crippen LogP contribution in [0.2, 0.25) is 0 Å². The first-order valence-electron chi connectivity index (χ1n) is 14.2. The van der Waals surface area contributed by atoms with Crippen LogP contribution in [0.4, 0.5) is 5.69 Å². The fourth-order valence-corrected chi connectivity index (χ4v) is 6.75. The van der Waals surface area contributed by atoms with Gasteiger partial charge >= 0.3 is 0 Å². The molecule has 4 aromatic carbocycles. The summed E-state index contributed by atoms with van der Waals surface area (Å²) in [5.74, 6) is -0.314. The van der Waals surface area contributed by atoms with Gasteiger partial charge in [-0.25, -0.2) is 8.42 Å². The number of carbonyl (C=O) groups excluding carboxylic acids is 1. The maximum atomic E-state index is 14.0. The van der Waals surface area contributed by atoms with Crippen LogP contribution < -0.4 is 9.62 Å². The Kier molecular flexibility index (Phi) is 9.17. The summed E-state index contributed by atoms with van der Waals surface area (Å²) in [4.78, 5) is 16.3. The molecule has 1 saturated heterocycles. The van der Waals surface area contributed by atoms with E-state index in [2.05, 4.69) is 22.3 Å². The molecule has 212 valence electrons. The van der Waals surface area contributed by atoms with Gasteiger partial charge < -0.3 is 5.32 Å². The standard InChI is InChI=1S/C34H37N3O3S/c1-27-18-20-31(21-19-27)41(39,40)37(25-28-12-4-2-5-13-28)33-17-9-8-16-32(33)34(38)35-24-29-14-6-7-15-30(29)26-36-22-10-3-11-23-36/h2,4-9,12-21H,3,10-11,22-26H2,1H3,(H,35,38). The number of carbonyl (C=O) groups is 1. The number of anilines is 1. The summed E-state index contributed by atoms with van der Waals surface area (Å²) in [5.41, 5.74) is 4.72. The molecule has 0 unspecified atom stereocenters. The van der Waals surface area contributed by atoms with Crippen molar-refractivity contribution in [3.63, 3.8) is 0 Å². The number of nitrogens with zero attached hydrogens (tertiary/aromatic N) is 2. The normalized spacial score (nSPS) is 14.0. The third-order valence-corrected chi connectivity index (χ3v) is 9.37. The van der Waals surface area contributed by atoms with E-state index in [4.69, 9.17) is 0 Å². The van der Waals surface area contributed by atoms with E-state index >= 15 is 0 Å². The summed E-state index contributed by atoms with van der Waals surface area (Å²) >= 11 is 0. The summed E-state index contributed by atoms with van der Waals surface area (Å²) < 4.78 is 29.4. The largest absolute Gasteiger partial charge is 0.348 e. The molecule has 7 heteroatoms. The molecule has 0 atom stereocenters. The average molecular weight is 568 g/mol. The van der Waals surface area contributed by atoms with Crippen LogP contribution in [0.1, 0.15) is 51.9 Å². The number of aryl methyl sites for hydroxylation is 1. The van der Waals surface area contributed by atoms with E-state index in [-0.39, 0.29) is 17.3 Å². The highest BCUT2D eigenvalue weighted by molar-refractivity contribution is 7.92. The smallest absolute Gasteiger partial charge is 0.264 e. The van der Waals surface area contributed by atoms with Crippen molar-refractivity contribution in [2.24, 2.45) is 0 Å². The van der Waals surface area contributed by atoms with Crippen molar-refractivity contribution in [1.29, 1.82) is 0 Å².